The summed E-state index contributed by atoms with van der Waals surface area (Å²) < 4.78 is 0. The molecule has 32 heavy (non-hydrogen) atoms. The lowest BCUT2D eigenvalue weighted by atomic mass is 9.53. The maximum Gasteiger partial charge on any atom is 0.348 e. The van der Waals surface area contributed by atoms with Crippen LogP contribution in [0.2, 0.25) is 10.0 Å². The number of hydrogen-bond acceptors (Lipinski definition) is 4. The SMILES string of the molecule is O=C1C[C@H](c2ccc(Cl)cc2)C2(C(=O)ON=C2c2ccccc2)[C@H](c2ccc(Cl)cc2)C1. The monoisotopic (exact) mass is 463 g/mol. The van der Waals surface area contributed by atoms with Gasteiger partial charge in [-0.15, -0.1) is 0 Å². The van der Waals surface area contributed by atoms with Gasteiger partial charge in [0.1, 0.15) is 16.9 Å². The van der Waals surface area contributed by atoms with E-state index in [0.717, 1.165) is 16.7 Å². The molecule has 0 radical (unpaired) electrons. The maximum atomic E-state index is 13.6. The molecule has 1 fully saturated rings. The number of Topliss-reactive ketones (excluding diaryl/α,β-unsaturated/α-hetero) is 1. The van der Waals surface area contributed by atoms with Gasteiger partial charge in [-0.25, -0.2) is 4.79 Å². The summed E-state index contributed by atoms with van der Waals surface area (Å²) in [6, 6.07) is 24.2. The highest BCUT2D eigenvalue weighted by atomic mass is 35.5. The first-order valence-corrected chi connectivity index (χ1v) is 11.1. The molecule has 2 aliphatic rings. The van der Waals surface area contributed by atoms with Crippen LogP contribution < -0.4 is 0 Å². The van der Waals surface area contributed by atoms with Crippen LogP contribution >= 0.6 is 23.2 Å². The molecule has 0 bridgehead atoms. The molecule has 1 aliphatic carbocycles. The molecule has 1 saturated carbocycles. The number of ketones is 1. The summed E-state index contributed by atoms with van der Waals surface area (Å²) in [5.41, 5.74) is 1.89. The molecule has 6 heteroatoms. The highest BCUT2D eigenvalue weighted by Crippen LogP contribution is 2.58. The number of rotatable bonds is 3. The molecule has 0 amide bonds. The topological polar surface area (TPSA) is 55.7 Å². The van der Waals surface area contributed by atoms with Crippen molar-refractivity contribution in [1.29, 1.82) is 0 Å². The predicted molar refractivity (Wildman–Crippen MR) is 124 cm³/mol. The zero-order valence-electron chi connectivity index (χ0n) is 17.0. The van der Waals surface area contributed by atoms with Gasteiger partial charge in [0.2, 0.25) is 0 Å². The molecule has 0 saturated heterocycles. The maximum absolute atomic E-state index is 13.6. The third kappa shape index (κ3) is 3.35. The van der Waals surface area contributed by atoms with Crippen LogP contribution in [0.25, 0.3) is 0 Å². The molecule has 3 atom stereocenters. The van der Waals surface area contributed by atoms with Gasteiger partial charge < -0.3 is 4.84 Å². The van der Waals surface area contributed by atoms with Crippen LogP contribution in [0.3, 0.4) is 0 Å². The van der Waals surface area contributed by atoms with E-state index in [1.807, 2.05) is 54.6 Å². The Kier molecular flexibility index (Phi) is 5.36. The summed E-state index contributed by atoms with van der Waals surface area (Å²) in [5, 5.41) is 5.46. The predicted octanol–water partition coefficient (Wildman–Crippen LogP) is 6.17. The van der Waals surface area contributed by atoms with Crippen molar-refractivity contribution < 1.29 is 14.4 Å². The number of carbonyl (C=O) groups excluding carboxylic acids is 2. The van der Waals surface area contributed by atoms with Crippen molar-refractivity contribution in [3.8, 4) is 0 Å². The Bertz CT molecular complexity index is 1150. The third-order valence-electron chi connectivity index (χ3n) is 6.50. The van der Waals surface area contributed by atoms with Crippen molar-refractivity contribution in [2.75, 3.05) is 0 Å². The van der Waals surface area contributed by atoms with Crippen molar-refractivity contribution in [2.24, 2.45) is 10.6 Å². The first kappa shape index (κ1) is 20.9. The van der Waals surface area contributed by atoms with E-state index in [1.165, 1.54) is 0 Å². The zero-order valence-corrected chi connectivity index (χ0v) is 18.5. The van der Waals surface area contributed by atoms with E-state index in [0.29, 0.717) is 15.8 Å². The van der Waals surface area contributed by atoms with E-state index in [1.54, 1.807) is 24.3 Å². The molecule has 0 aromatic heterocycles. The number of oxime groups is 1. The van der Waals surface area contributed by atoms with Crippen molar-refractivity contribution >= 4 is 40.7 Å². The molecule has 3 aromatic carbocycles. The standard InChI is InChI=1S/C26H19Cl2NO3/c27-19-10-6-16(7-11-19)22-14-21(30)15-23(17-8-12-20(28)13-9-17)26(22)24(29-32-25(26)31)18-4-2-1-3-5-18/h1-13,22-23H,14-15H2/t22-,23+,26?. The fraction of sp³-hybridized carbons (Fsp3) is 0.192. The van der Waals surface area contributed by atoms with Gasteiger partial charge in [-0.3, -0.25) is 4.79 Å². The largest absolute Gasteiger partial charge is 0.348 e. The lowest BCUT2D eigenvalue weighted by Gasteiger charge is -2.44. The van der Waals surface area contributed by atoms with Gasteiger partial charge in [0.05, 0.1) is 0 Å². The second kappa shape index (κ2) is 8.19. The van der Waals surface area contributed by atoms with Gasteiger partial charge in [-0.2, -0.15) is 0 Å². The van der Waals surface area contributed by atoms with Crippen LogP contribution in [-0.2, 0) is 14.4 Å². The average molecular weight is 464 g/mol. The van der Waals surface area contributed by atoms with Crippen molar-refractivity contribution in [3.63, 3.8) is 0 Å². The summed E-state index contributed by atoms with van der Waals surface area (Å²) >= 11 is 12.3. The summed E-state index contributed by atoms with van der Waals surface area (Å²) in [5.74, 6) is -1.25. The average Bonchev–Trinajstić information content (AvgIpc) is 3.14. The molecule has 1 unspecified atom stereocenters. The van der Waals surface area contributed by atoms with Crippen LogP contribution in [0.1, 0.15) is 41.4 Å². The minimum atomic E-state index is -1.16. The van der Waals surface area contributed by atoms with Gasteiger partial charge in [0.25, 0.3) is 0 Å². The quantitative estimate of drug-likeness (QED) is 0.436. The molecular formula is C26H19Cl2NO3. The Labute approximate surface area is 195 Å². The zero-order chi connectivity index (χ0) is 22.3. The highest BCUT2D eigenvalue weighted by molar-refractivity contribution is 6.31. The smallest absolute Gasteiger partial charge is 0.317 e. The van der Waals surface area contributed by atoms with E-state index in [-0.39, 0.29) is 18.6 Å². The summed E-state index contributed by atoms with van der Waals surface area (Å²) in [6.45, 7) is 0. The van der Waals surface area contributed by atoms with Crippen LogP contribution in [0.4, 0.5) is 0 Å². The van der Waals surface area contributed by atoms with Crippen molar-refractivity contribution in [2.45, 2.75) is 24.7 Å². The van der Waals surface area contributed by atoms with Crippen LogP contribution in [0, 0.1) is 5.41 Å². The molecule has 3 aromatic rings. The van der Waals surface area contributed by atoms with E-state index in [9.17, 15) is 9.59 Å². The molecule has 1 spiro atoms. The molecule has 5 rings (SSSR count). The summed E-state index contributed by atoms with van der Waals surface area (Å²) in [7, 11) is 0. The van der Waals surface area contributed by atoms with E-state index >= 15 is 0 Å². The minimum Gasteiger partial charge on any atom is -0.317 e. The van der Waals surface area contributed by atoms with Gasteiger partial charge in [0.15, 0.2) is 0 Å². The Morgan fingerprint density at radius 2 is 1.25 bits per heavy atom. The Morgan fingerprint density at radius 1 is 0.750 bits per heavy atom. The third-order valence-corrected chi connectivity index (χ3v) is 7.01. The Morgan fingerprint density at radius 3 is 1.75 bits per heavy atom. The molecule has 1 aliphatic heterocycles. The fourth-order valence-corrected chi connectivity index (χ4v) is 5.34. The molecule has 1 heterocycles. The Balaban J connectivity index is 1.77. The first-order valence-electron chi connectivity index (χ1n) is 10.4. The minimum absolute atomic E-state index is 0.0858. The van der Waals surface area contributed by atoms with Gasteiger partial charge in [-0.1, -0.05) is 83.0 Å². The van der Waals surface area contributed by atoms with Crippen LogP contribution in [0.15, 0.2) is 84.0 Å². The molecular weight excluding hydrogens is 445 g/mol. The summed E-state index contributed by atoms with van der Waals surface area (Å²) in [6.07, 6.45) is 0.430. The molecule has 0 N–H and O–H groups in total. The van der Waals surface area contributed by atoms with Crippen LogP contribution in [0.5, 0.6) is 0 Å². The fourth-order valence-electron chi connectivity index (χ4n) is 5.09. The Hall–Kier alpha value is -2.95. The van der Waals surface area contributed by atoms with Gasteiger partial charge >= 0.3 is 5.97 Å². The lowest BCUT2D eigenvalue weighted by molar-refractivity contribution is -0.152. The van der Waals surface area contributed by atoms with Crippen molar-refractivity contribution in [1.82, 2.24) is 0 Å². The number of hydrogen-bond donors (Lipinski definition) is 0. The first-order chi connectivity index (χ1) is 15.5. The normalized spacial score (nSPS) is 25.0. The second-order valence-corrected chi connectivity index (χ2v) is 9.08. The lowest BCUT2D eigenvalue weighted by Crippen LogP contribution is -2.50. The van der Waals surface area contributed by atoms with Gasteiger partial charge in [-0.05, 0) is 35.4 Å². The number of benzene rings is 3. The van der Waals surface area contributed by atoms with Gasteiger partial charge in [0, 0.05) is 40.3 Å². The summed E-state index contributed by atoms with van der Waals surface area (Å²) in [4.78, 5) is 32.0. The number of nitrogens with zero attached hydrogens (tertiary/aromatic N) is 1. The molecule has 4 nitrogen and oxygen atoms in total. The number of halogens is 2. The van der Waals surface area contributed by atoms with E-state index in [4.69, 9.17) is 28.0 Å². The molecule has 160 valence electrons. The van der Waals surface area contributed by atoms with E-state index in [2.05, 4.69) is 5.16 Å². The van der Waals surface area contributed by atoms with Crippen molar-refractivity contribution in [3.05, 3.63) is 106 Å². The number of carbonyl (C=O) groups is 2. The van der Waals surface area contributed by atoms with Crippen LogP contribution in [-0.4, -0.2) is 17.5 Å². The van der Waals surface area contributed by atoms with E-state index < -0.39 is 23.2 Å². The second-order valence-electron chi connectivity index (χ2n) is 8.21. The highest BCUT2D eigenvalue weighted by Gasteiger charge is 2.63.